The molecule has 0 heterocycles. The van der Waals surface area contributed by atoms with Crippen LogP contribution in [0.3, 0.4) is 0 Å². The molecule has 0 amide bonds. The fraction of sp³-hybridized carbons (Fsp3) is 0.625. The van der Waals surface area contributed by atoms with E-state index in [0.717, 1.165) is 24.1 Å². The molecule has 0 fully saturated rings. The van der Waals surface area contributed by atoms with Crippen LogP contribution in [-0.2, 0) is 17.3 Å². The predicted octanol–water partition coefficient (Wildman–Crippen LogP) is 4.04. The van der Waals surface area contributed by atoms with Gasteiger partial charge in [0.2, 0.25) is 0 Å². The number of hydrogen-bond acceptors (Lipinski definition) is 2. The van der Waals surface area contributed by atoms with Crippen molar-refractivity contribution >= 4 is 0 Å². The molecule has 2 unspecified atom stereocenters. The molecule has 120 valence electrons. The molecule has 0 bridgehead atoms. The summed E-state index contributed by atoms with van der Waals surface area (Å²) in [5.41, 5.74) is -0.0938. The van der Waals surface area contributed by atoms with Crippen LogP contribution in [0.15, 0.2) is 24.3 Å². The summed E-state index contributed by atoms with van der Waals surface area (Å²) < 4.78 is 43.5. The highest BCUT2D eigenvalue weighted by atomic mass is 19.4. The van der Waals surface area contributed by atoms with Crippen LogP contribution in [-0.4, -0.2) is 25.3 Å². The summed E-state index contributed by atoms with van der Waals surface area (Å²) in [4.78, 5) is 0. The fourth-order valence-corrected chi connectivity index (χ4v) is 2.47. The van der Waals surface area contributed by atoms with Gasteiger partial charge in [0, 0.05) is 12.6 Å². The lowest BCUT2D eigenvalue weighted by molar-refractivity contribution is -0.137. The zero-order chi connectivity index (χ0) is 16.1. The zero-order valence-corrected chi connectivity index (χ0v) is 13.1. The van der Waals surface area contributed by atoms with Gasteiger partial charge in [-0.3, -0.25) is 0 Å². The molecule has 2 nitrogen and oxygen atoms in total. The van der Waals surface area contributed by atoms with E-state index in [1.807, 2.05) is 27.8 Å². The molecule has 0 saturated carbocycles. The molecular weight excluding hydrogens is 279 g/mol. The van der Waals surface area contributed by atoms with Crippen LogP contribution in [0.2, 0.25) is 0 Å². The second-order valence-electron chi connectivity index (χ2n) is 5.34. The lowest BCUT2D eigenvalue weighted by atomic mass is 9.88. The zero-order valence-electron chi connectivity index (χ0n) is 13.1. The van der Waals surface area contributed by atoms with E-state index in [1.165, 1.54) is 12.1 Å². The summed E-state index contributed by atoms with van der Waals surface area (Å²) in [6, 6.07) is 5.38. The molecule has 5 heteroatoms. The second-order valence-corrected chi connectivity index (χ2v) is 5.34. The van der Waals surface area contributed by atoms with Crippen molar-refractivity contribution in [2.75, 3.05) is 13.7 Å². The number of nitrogens with one attached hydrogen (secondary N) is 1. The van der Waals surface area contributed by atoms with E-state index in [-0.39, 0.29) is 11.6 Å². The largest absolute Gasteiger partial charge is 0.416 e. The molecule has 0 aromatic heterocycles. The van der Waals surface area contributed by atoms with Crippen LogP contribution >= 0.6 is 0 Å². The van der Waals surface area contributed by atoms with Crippen molar-refractivity contribution in [2.45, 2.75) is 51.4 Å². The Morgan fingerprint density at radius 1 is 1.14 bits per heavy atom. The molecule has 0 aliphatic heterocycles. The number of rotatable bonds is 7. The standard InChI is InChI=1S/C16H24F3NO/c1-5-15(3,21-6-2)14(20-4)11-12-7-9-13(10-8-12)16(17,18)19/h7-10,14,20H,5-6,11H2,1-4H3. The fourth-order valence-electron chi connectivity index (χ4n) is 2.47. The Morgan fingerprint density at radius 2 is 1.71 bits per heavy atom. The first-order valence-electron chi connectivity index (χ1n) is 7.24. The van der Waals surface area contributed by atoms with Crippen LogP contribution in [0, 0.1) is 0 Å². The molecule has 1 aromatic carbocycles. The minimum atomic E-state index is -4.29. The third-order valence-electron chi connectivity index (χ3n) is 3.98. The maximum Gasteiger partial charge on any atom is 0.416 e. The van der Waals surface area contributed by atoms with E-state index < -0.39 is 11.7 Å². The number of benzene rings is 1. The van der Waals surface area contributed by atoms with Crippen molar-refractivity contribution in [3.63, 3.8) is 0 Å². The third kappa shape index (κ3) is 4.71. The topological polar surface area (TPSA) is 21.3 Å². The summed E-state index contributed by atoms with van der Waals surface area (Å²) in [6.45, 7) is 6.63. The average Bonchev–Trinajstić information content (AvgIpc) is 2.44. The summed E-state index contributed by atoms with van der Waals surface area (Å²) >= 11 is 0. The number of ether oxygens (including phenoxy) is 1. The number of hydrogen-bond donors (Lipinski definition) is 1. The summed E-state index contributed by atoms with van der Waals surface area (Å²) in [6.07, 6.45) is -2.84. The minimum absolute atomic E-state index is 0.0409. The number of likely N-dealkylation sites (N-methyl/N-ethyl adjacent to an activating group) is 1. The van der Waals surface area contributed by atoms with Crippen molar-refractivity contribution < 1.29 is 17.9 Å². The quantitative estimate of drug-likeness (QED) is 0.821. The normalized spacial score (nSPS) is 16.5. The van der Waals surface area contributed by atoms with Gasteiger partial charge in [0.05, 0.1) is 11.2 Å². The summed E-state index contributed by atoms with van der Waals surface area (Å²) in [7, 11) is 1.85. The van der Waals surface area contributed by atoms with Crippen LogP contribution in [0.4, 0.5) is 13.2 Å². The first-order valence-corrected chi connectivity index (χ1v) is 7.24. The minimum Gasteiger partial charge on any atom is -0.374 e. The molecule has 0 radical (unpaired) electrons. The van der Waals surface area contributed by atoms with Crippen molar-refractivity contribution in [1.82, 2.24) is 5.32 Å². The Kier molecular flexibility index (Phi) is 6.23. The van der Waals surface area contributed by atoms with Crippen molar-refractivity contribution in [3.8, 4) is 0 Å². The van der Waals surface area contributed by atoms with E-state index in [4.69, 9.17) is 4.74 Å². The van der Waals surface area contributed by atoms with Gasteiger partial charge in [0.25, 0.3) is 0 Å². The molecule has 21 heavy (non-hydrogen) atoms. The molecule has 2 atom stereocenters. The Hall–Kier alpha value is -1.07. The molecule has 1 rings (SSSR count). The molecular formula is C16H24F3NO. The number of alkyl halides is 3. The molecule has 0 spiro atoms. The van der Waals surface area contributed by atoms with Crippen LogP contribution in [0.25, 0.3) is 0 Å². The highest BCUT2D eigenvalue weighted by Crippen LogP contribution is 2.30. The number of halogens is 3. The third-order valence-corrected chi connectivity index (χ3v) is 3.98. The maximum absolute atomic E-state index is 12.6. The van der Waals surface area contributed by atoms with Gasteiger partial charge in [0.15, 0.2) is 0 Å². The van der Waals surface area contributed by atoms with Gasteiger partial charge in [-0.05, 0) is 51.4 Å². The van der Waals surface area contributed by atoms with Crippen LogP contribution in [0.5, 0.6) is 0 Å². The SMILES string of the molecule is CCOC(C)(CC)C(Cc1ccc(C(F)(F)F)cc1)NC. The molecule has 1 N–H and O–H groups in total. The Bertz CT molecular complexity index is 430. The lowest BCUT2D eigenvalue weighted by Crippen LogP contribution is -2.50. The Balaban J connectivity index is 2.87. The van der Waals surface area contributed by atoms with Gasteiger partial charge in [0.1, 0.15) is 0 Å². The van der Waals surface area contributed by atoms with E-state index in [0.29, 0.717) is 13.0 Å². The van der Waals surface area contributed by atoms with E-state index in [1.54, 1.807) is 0 Å². The first-order chi connectivity index (χ1) is 9.76. The lowest BCUT2D eigenvalue weighted by Gasteiger charge is -2.37. The molecule has 0 aliphatic carbocycles. The monoisotopic (exact) mass is 303 g/mol. The van der Waals surface area contributed by atoms with Gasteiger partial charge in [-0.2, -0.15) is 13.2 Å². The van der Waals surface area contributed by atoms with Gasteiger partial charge >= 0.3 is 6.18 Å². The van der Waals surface area contributed by atoms with E-state index in [9.17, 15) is 13.2 Å². The predicted molar refractivity (Wildman–Crippen MR) is 78.3 cm³/mol. The smallest absolute Gasteiger partial charge is 0.374 e. The maximum atomic E-state index is 12.6. The molecule has 0 saturated heterocycles. The Morgan fingerprint density at radius 3 is 2.10 bits per heavy atom. The van der Waals surface area contributed by atoms with Gasteiger partial charge in [-0.15, -0.1) is 0 Å². The van der Waals surface area contributed by atoms with Crippen LogP contribution < -0.4 is 5.32 Å². The molecule has 0 aliphatic rings. The average molecular weight is 303 g/mol. The van der Waals surface area contributed by atoms with Crippen molar-refractivity contribution in [3.05, 3.63) is 35.4 Å². The van der Waals surface area contributed by atoms with Crippen molar-refractivity contribution in [1.29, 1.82) is 0 Å². The van der Waals surface area contributed by atoms with E-state index >= 15 is 0 Å². The first kappa shape index (κ1) is 18.0. The highest BCUT2D eigenvalue weighted by molar-refractivity contribution is 5.25. The highest BCUT2D eigenvalue weighted by Gasteiger charge is 2.33. The molecule has 1 aromatic rings. The second kappa shape index (κ2) is 7.27. The van der Waals surface area contributed by atoms with Gasteiger partial charge in [-0.25, -0.2) is 0 Å². The van der Waals surface area contributed by atoms with Crippen molar-refractivity contribution in [2.24, 2.45) is 0 Å². The summed E-state index contributed by atoms with van der Waals surface area (Å²) in [5, 5.41) is 3.22. The van der Waals surface area contributed by atoms with Gasteiger partial charge < -0.3 is 10.1 Å². The summed E-state index contributed by atoms with van der Waals surface area (Å²) in [5.74, 6) is 0. The van der Waals surface area contributed by atoms with Crippen LogP contribution in [0.1, 0.15) is 38.3 Å². The van der Waals surface area contributed by atoms with Gasteiger partial charge in [-0.1, -0.05) is 19.1 Å². The Labute approximate surface area is 124 Å². The van der Waals surface area contributed by atoms with E-state index in [2.05, 4.69) is 5.32 Å².